The summed E-state index contributed by atoms with van der Waals surface area (Å²) in [6.07, 6.45) is 0. The van der Waals surface area contributed by atoms with Crippen LogP contribution in [-0.2, 0) is 10.3 Å². The van der Waals surface area contributed by atoms with Gasteiger partial charge in [-0.2, -0.15) is 0 Å². The van der Waals surface area contributed by atoms with Gasteiger partial charge in [-0.3, -0.25) is 14.5 Å². The number of hydrogen-bond acceptors (Lipinski definition) is 6. The molecule has 0 spiro atoms. The van der Waals surface area contributed by atoms with Crippen molar-refractivity contribution in [1.82, 2.24) is 10.1 Å². The Labute approximate surface area is 225 Å². The molecule has 0 saturated carbocycles. The van der Waals surface area contributed by atoms with E-state index in [2.05, 4.69) is 15.8 Å². The highest BCUT2D eigenvalue weighted by atomic mass is 16.5. The van der Waals surface area contributed by atoms with Gasteiger partial charge in [-0.25, -0.2) is 9.79 Å². The smallest absolute Gasteiger partial charge is 0.323 e. The highest BCUT2D eigenvalue weighted by Crippen LogP contribution is 2.40. The van der Waals surface area contributed by atoms with Gasteiger partial charge in [0, 0.05) is 11.3 Å². The number of aryl methyl sites for hydroxylation is 2. The van der Waals surface area contributed by atoms with Crippen molar-refractivity contribution in [3.63, 3.8) is 0 Å². The Bertz CT molecular complexity index is 1500. The summed E-state index contributed by atoms with van der Waals surface area (Å²) in [5, 5.41) is 9.24. The number of benzene rings is 3. The molecule has 196 valence electrons. The SMILES string of the molecule is CC1=NC(c2ccccc2)(c2ccccc2)C(=O)N1CC(=O)c1ccc(NC(=O)Nc2c(C)noc2C)cc1. The van der Waals surface area contributed by atoms with E-state index in [4.69, 9.17) is 9.52 Å². The molecular formula is C30H27N5O4. The number of nitrogens with zero attached hydrogens (tertiary/aromatic N) is 3. The highest BCUT2D eigenvalue weighted by molar-refractivity contribution is 6.13. The van der Waals surface area contributed by atoms with Gasteiger partial charge in [-0.05, 0) is 56.2 Å². The quantitative estimate of drug-likeness (QED) is 0.319. The van der Waals surface area contributed by atoms with E-state index in [9.17, 15) is 14.4 Å². The first-order chi connectivity index (χ1) is 18.8. The molecule has 3 amide bonds. The summed E-state index contributed by atoms with van der Waals surface area (Å²) < 4.78 is 5.05. The first-order valence-corrected chi connectivity index (χ1v) is 12.4. The summed E-state index contributed by atoms with van der Waals surface area (Å²) in [5.74, 6) is 0.444. The highest BCUT2D eigenvalue weighted by Gasteiger charge is 2.50. The van der Waals surface area contributed by atoms with Crippen LogP contribution in [0, 0.1) is 13.8 Å². The Balaban J connectivity index is 1.31. The van der Waals surface area contributed by atoms with E-state index in [0.717, 1.165) is 11.1 Å². The number of aliphatic imine (C=N–C) groups is 1. The number of aromatic nitrogens is 1. The van der Waals surface area contributed by atoms with Crippen molar-refractivity contribution in [2.24, 2.45) is 4.99 Å². The summed E-state index contributed by atoms with van der Waals surface area (Å²) in [4.78, 5) is 45.8. The molecule has 9 nitrogen and oxygen atoms in total. The third-order valence-electron chi connectivity index (χ3n) is 6.70. The zero-order valence-corrected chi connectivity index (χ0v) is 21.8. The molecular weight excluding hydrogens is 494 g/mol. The molecule has 3 aromatic carbocycles. The lowest BCUT2D eigenvalue weighted by atomic mass is 9.83. The second-order valence-corrected chi connectivity index (χ2v) is 9.27. The van der Waals surface area contributed by atoms with Gasteiger partial charge >= 0.3 is 6.03 Å². The third kappa shape index (κ3) is 4.82. The maximum atomic E-state index is 14.0. The van der Waals surface area contributed by atoms with Crippen LogP contribution in [0.1, 0.15) is 39.9 Å². The predicted molar refractivity (Wildman–Crippen MR) is 148 cm³/mol. The fraction of sp³-hybridized carbons (Fsp3) is 0.167. The monoisotopic (exact) mass is 521 g/mol. The van der Waals surface area contributed by atoms with Crippen LogP contribution < -0.4 is 10.6 Å². The van der Waals surface area contributed by atoms with E-state index >= 15 is 0 Å². The molecule has 2 N–H and O–H groups in total. The molecule has 1 aromatic heterocycles. The van der Waals surface area contributed by atoms with Gasteiger partial charge in [-0.1, -0.05) is 65.8 Å². The number of ketones is 1. The number of amides is 3. The zero-order chi connectivity index (χ0) is 27.6. The Morgan fingerprint density at radius 1 is 0.846 bits per heavy atom. The van der Waals surface area contributed by atoms with E-state index in [1.165, 1.54) is 4.90 Å². The molecule has 0 saturated heterocycles. The van der Waals surface area contributed by atoms with E-state index in [-0.39, 0.29) is 18.2 Å². The number of Topliss-reactive ketones (excluding diaryl/α,β-unsaturated/α-hetero) is 1. The van der Waals surface area contributed by atoms with Crippen LogP contribution in [0.15, 0.2) is 94.4 Å². The summed E-state index contributed by atoms with van der Waals surface area (Å²) in [5.41, 5.74) is 2.20. The normalized spacial score (nSPS) is 14.2. The molecule has 2 heterocycles. The van der Waals surface area contributed by atoms with E-state index < -0.39 is 11.6 Å². The zero-order valence-electron chi connectivity index (χ0n) is 21.8. The molecule has 4 aromatic rings. The molecule has 39 heavy (non-hydrogen) atoms. The van der Waals surface area contributed by atoms with Crippen molar-refractivity contribution in [1.29, 1.82) is 0 Å². The Hall–Kier alpha value is -5.05. The Kier molecular flexibility index (Phi) is 6.81. The molecule has 0 fully saturated rings. The average molecular weight is 522 g/mol. The third-order valence-corrected chi connectivity index (χ3v) is 6.70. The second kappa shape index (κ2) is 10.4. The van der Waals surface area contributed by atoms with Crippen molar-refractivity contribution in [3.05, 3.63) is 113 Å². The maximum Gasteiger partial charge on any atom is 0.323 e. The standard InChI is InChI=1S/C30H27N5O4/c1-19-27(20(2)39-34-19)32-29(38)31-25-16-14-22(15-17-25)26(36)18-35-21(3)33-30(28(35)37,23-10-6-4-7-11-23)24-12-8-5-9-13-24/h4-17H,18H2,1-3H3,(H2,31,32,38). The van der Waals surface area contributed by atoms with Crippen LogP contribution in [0.2, 0.25) is 0 Å². The van der Waals surface area contributed by atoms with Crippen LogP contribution in [0.5, 0.6) is 0 Å². The van der Waals surface area contributed by atoms with Gasteiger partial charge in [0.2, 0.25) is 0 Å². The Morgan fingerprint density at radius 3 is 1.97 bits per heavy atom. The fourth-order valence-corrected chi connectivity index (χ4v) is 4.69. The molecule has 0 atom stereocenters. The largest absolute Gasteiger partial charge is 0.359 e. The molecule has 0 bridgehead atoms. The van der Waals surface area contributed by atoms with Crippen molar-refractivity contribution in [2.75, 3.05) is 17.2 Å². The van der Waals surface area contributed by atoms with Crippen LogP contribution in [0.3, 0.4) is 0 Å². The Morgan fingerprint density at radius 2 is 1.44 bits per heavy atom. The first-order valence-electron chi connectivity index (χ1n) is 12.4. The second-order valence-electron chi connectivity index (χ2n) is 9.27. The van der Waals surface area contributed by atoms with Gasteiger partial charge in [-0.15, -0.1) is 0 Å². The number of anilines is 2. The fourth-order valence-electron chi connectivity index (χ4n) is 4.69. The van der Waals surface area contributed by atoms with Crippen LogP contribution >= 0.6 is 0 Å². The van der Waals surface area contributed by atoms with E-state index in [1.54, 1.807) is 45.0 Å². The maximum absolute atomic E-state index is 14.0. The number of carbonyl (C=O) groups excluding carboxylic acids is 3. The lowest BCUT2D eigenvalue weighted by Crippen LogP contribution is -2.43. The minimum Gasteiger partial charge on any atom is -0.359 e. The molecule has 0 radical (unpaired) electrons. The predicted octanol–water partition coefficient (Wildman–Crippen LogP) is 5.32. The van der Waals surface area contributed by atoms with Gasteiger partial charge in [0.15, 0.2) is 17.1 Å². The van der Waals surface area contributed by atoms with Crippen LogP contribution in [0.4, 0.5) is 16.2 Å². The number of carbonyl (C=O) groups is 3. The number of urea groups is 1. The average Bonchev–Trinajstić information content (AvgIpc) is 3.40. The first kappa shape index (κ1) is 25.6. The lowest BCUT2D eigenvalue weighted by Gasteiger charge is -2.27. The van der Waals surface area contributed by atoms with Gasteiger partial charge in [0.1, 0.15) is 17.2 Å². The number of nitrogens with one attached hydrogen (secondary N) is 2. The minimum atomic E-state index is -1.25. The summed E-state index contributed by atoms with van der Waals surface area (Å²) in [7, 11) is 0. The van der Waals surface area contributed by atoms with Crippen molar-refractivity contribution in [3.8, 4) is 0 Å². The molecule has 1 aliphatic heterocycles. The number of amidine groups is 1. The lowest BCUT2D eigenvalue weighted by molar-refractivity contribution is -0.129. The van der Waals surface area contributed by atoms with Gasteiger partial charge in [0.25, 0.3) is 5.91 Å². The molecule has 1 aliphatic rings. The summed E-state index contributed by atoms with van der Waals surface area (Å²) in [6.45, 7) is 5.02. The summed E-state index contributed by atoms with van der Waals surface area (Å²) in [6, 6.07) is 24.8. The molecule has 5 rings (SSSR count). The molecule has 0 unspecified atom stereocenters. The van der Waals surface area contributed by atoms with Crippen molar-refractivity contribution < 1.29 is 18.9 Å². The number of hydrogen-bond donors (Lipinski definition) is 2. The van der Waals surface area contributed by atoms with Gasteiger partial charge in [0.05, 0.1) is 6.54 Å². The van der Waals surface area contributed by atoms with E-state index in [1.807, 2.05) is 60.7 Å². The minimum absolute atomic E-state index is 0.158. The van der Waals surface area contributed by atoms with Crippen LogP contribution in [-0.4, -0.2) is 40.2 Å². The van der Waals surface area contributed by atoms with Crippen molar-refractivity contribution >= 4 is 34.9 Å². The van der Waals surface area contributed by atoms with Crippen LogP contribution in [0.25, 0.3) is 0 Å². The topological polar surface area (TPSA) is 117 Å². The number of rotatable bonds is 7. The summed E-state index contributed by atoms with van der Waals surface area (Å²) >= 11 is 0. The molecule has 0 aliphatic carbocycles. The van der Waals surface area contributed by atoms with Gasteiger partial charge < -0.3 is 15.2 Å². The van der Waals surface area contributed by atoms with Crippen molar-refractivity contribution in [2.45, 2.75) is 26.3 Å². The molecule has 9 heteroatoms. The van der Waals surface area contributed by atoms with E-state index in [0.29, 0.717) is 34.2 Å².